The fourth-order valence-corrected chi connectivity index (χ4v) is 1.18. The van der Waals surface area contributed by atoms with Crippen LogP contribution in [0.5, 0.6) is 0 Å². The molecule has 0 amide bonds. The minimum absolute atomic E-state index is 0.123. The highest BCUT2D eigenvalue weighted by Crippen LogP contribution is 2.28. The van der Waals surface area contributed by atoms with Gasteiger partial charge in [0.2, 0.25) is 0 Å². The van der Waals surface area contributed by atoms with Crippen LogP contribution in [0.25, 0.3) is 0 Å². The van der Waals surface area contributed by atoms with Crippen LogP contribution in [0.1, 0.15) is 24.3 Å². The molecule has 0 aliphatic heterocycles. The first-order valence-corrected chi connectivity index (χ1v) is 4.28. The van der Waals surface area contributed by atoms with Crippen molar-refractivity contribution < 1.29 is 13.2 Å². The molecule has 0 saturated carbocycles. The van der Waals surface area contributed by atoms with Crippen LogP contribution in [0, 0.1) is 17.5 Å². The van der Waals surface area contributed by atoms with Gasteiger partial charge in [0.1, 0.15) is 5.82 Å². The monoisotopic (exact) mass is 208 g/mol. The Morgan fingerprint density at radius 2 is 1.92 bits per heavy atom. The van der Waals surface area contributed by atoms with Gasteiger partial charge >= 0.3 is 0 Å². The van der Waals surface area contributed by atoms with Crippen molar-refractivity contribution in [3.8, 4) is 0 Å². The number of halogens is 4. The van der Waals surface area contributed by atoms with Gasteiger partial charge in [-0.3, -0.25) is 0 Å². The van der Waals surface area contributed by atoms with Gasteiger partial charge in [0.15, 0.2) is 11.6 Å². The average molecular weight is 209 g/mol. The maximum absolute atomic E-state index is 13.0. The normalized spacial score (nSPS) is 13.0. The number of hydrogen-bond donors (Lipinski definition) is 0. The Bertz CT molecular complexity index is 312. The lowest BCUT2D eigenvalue weighted by Crippen LogP contribution is -1.98. The van der Waals surface area contributed by atoms with Crippen molar-refractivity contribution in [2.45, 2.75) is 18.7 Å². The smallest absolute Gasteiger partial charge is 0.163 e. The summed E-state index contributed by atoms with van der Waals surface area (Å²) in [5.74, 6) is -3.08. The third kappa shape index (κ3) is 2.15. The maximum Gasteiger partial charge on any atom is 0.163 e. The van der Waals surface area contributed by atoms with Crippen LogP contribution >= 0.6 is 11.6 Å². The summed E-state index contributed by atoms with van der Waals surface area (Å²) in [6.07, 6.45) is 0.418. The van der Waals surface area contributed by atoms with Crippen molar-refractivity contribution in [3.63, 3.8) is 0 Å². The Morgan fingerprint density at radius 3 is 2.46 bits per heavy atom. The van der Waals surface area contributed by atoms with Crippen LogP contribution in [0.4, 0.5) is 13.2 Å². The molecule has 1 aromatic rings. The highest BCUT2D eigenvalue weighted by molar-refractivity contribution is 6.20. The SMILES string of the molecule is CCC(Cl)c1cc(F)cc(F)c1F. The summed E-state index contributed by atoms with van der Waals surface area (Å²) in [6.45, 7) is 1.71. The van der Waals surface area contributed by atoms with Crippen LogP contribution in [0.15, 0.2) is 12.1 Å². The Morgan fingerprint density at radius 1 is 1.31 bits per heavy atom. The summed E-state index contributed by atoms with van der Waals surface area (Å²) in [4.78, 5) is 0. The molecule has 0 aromatic heterocycles. The summed E-state index contributed by atoms with van der Waals surface area (Å²) >= 11 is 5.67. The van der Waals surface area contributed by atoms with Crippen molar-refractivity contribution >= 4 is 11.6 Å². The molecule has 72 valence electrons. The second-order valence-electron chi connectivity index (χ2n) is 2.67. The van der Waals surface area contributed by atoms with E-state index in [1.54, 1.807) is 6.92 Å². The minimum atomic E-state index is -1.20. The van der Waals surface area contributed by atoms with E-state index >= 15 is 0 Å². The lowest BCUT2D eigenvalue weighted by atomic mass is 10.1. The predicted octanol–water partition coefficient (Wildman–Crippen LogP) is 3.79. The minimum Gasteiger partial charge on any atom is -0.207 e. The van der Waals surface area contributed by atoms with Crippen molar-refractivity contribution in [1.82, 2.24) is 0 Å². The number of rotatable bonds is 2. The molecular formula is C9H8ClF3. The van der Waals surface area contributed by atoms with Gasteiger partial charge in [0.05, 0.1) is 5.38 Å². The highest BCUT2D eigenvalue weighted by atomic mass is 35.5. The summed E-state index contributed by atoms with van der Waals surface area (Å²) in [5, 5.41) is -0.690. The largest absolute Gasteiger partial charge is 0.207 e. The van der Waals surface area contributed by atoms with Crippen LogP contribution in [0.2, 0.25) is 0 Å². The third-order valence-electron chi connectivity index (χ3n) is 1.72. The zero-order chi connectivity index (χ0) is 10.0. The molecule has 0 bridgehead atoms. The quantitative estimate of drug-likeness (QED) is 0.512. The van der Waals surface area contributed by atoms with E-state index in [0.29, 0.717) is 12.5 Å². The predicted molar refractivity (Wildman–Crippen MR) is 45.2 cm³/mol. The van der Waals surface area contributed by atoms with Gasteiger partial charge in [-0.15, -0.1) is 11.6 Å². The van der Waals surface area contributed by atoms with E-state index < -0.39 is 22.8 Å². The van der Waals surface area contributed by atoms with E-state index in [9.17, 15) is 13.2 Å². The molecule has 0 nitrogen and oxygen atoms in total. The molecule has 0 N–H and O–H groups in total. The summed E-state index contributed by atoms with van der Waals surface area (Å²) in [7, 11) is 0. The van der Waals surface area contributed by atoms with Crippen molar-refractivity contribution in [1.29, 1.82) is 0 Å². The molecule has 1 atom stereocenters. The third-order valence-corrected chi connectivity index (χ3v) is 2.26. The van der Waals surface area contributed by atoms with E-state index in [-0.39, 0.29) is 5.56 Å². The van der Waals surface area contributed by atoms with Crippen LogP contribution < -0.4 is 0 Å². The average Bonchev–Trinajstić information content (AvgIpc) is 2.10. The molecule has 1 rings (SSSR count). The van der Waals surface area contributed by atoms with Crippen molar-refractivity contribution in [2.75, 3.05) is 0 Å². The first kappa shape index (κ1) is 10.4. The molecule has 0 spiro atoms. The summed E-state index contributed by atoms with van der Waals surface area (Å²) < 4.78 is 38.3. The van der Waals surface area contributed by atoms with Crippen molar-refractivity contribution in [3.05, 3.63) is 35.1 Å². The van der Waals surface area contributed by atoms with Gasteiger partial charge < -0.3 is 0 Å². The molecular weight excluding hydrogens is 201 g/mol. The fourth-order valence-electron chi connectivity index (χ4n) is 1.02. The molecule has 4 heteroatoms. The van der Waals surface area contributed by atoms with E-state index in [0.717, 1.165) is 6.07 Å². The molecule has 0 aliphatic rings. The lowest BCUT2D eigenvalue weighted by molar-refractivity contribution is 0.482. The second-order valence-corrected chi connectivity index (χ2v) is 3.19. The Labute approximate surface area is 79.3 Å². The maximum atomic E-state index is 13.0. The lowest BCUT2D eigenvalue weighted by Gasteiger charge is -2.08. The zero-order valence-corrected chi connectivity index (χ0v) is 7.71. The summed E-state index contributed by atoms with van der Waals surface area (Å²) in [5.41, 5.74) is -0.123. The molecule has 0 fully saturated rings. The van der Waals surface area contributed by atoms with Gasteiger partial charge in [-0.25, -0.2) is 13.2 Å². The van der Waals surface area contributed by atoms with E-state index in [1.807, 2.05) is 0 Å². The molecule has 0 aliphatic carbocycles. The molecule has 0 radical (unpaired) electrons. The fraction of sp³-hybridized carbons (Fsp3) is 0.333. The van der Waals surface area contributed by atoms with Gasteiger partial charge in [-0.2, -0.15) is 0 Å². The van der Waals surface area contributed by atoms with E-state index in [4.69, 9.17) is 11.6 Å². The number of hydrogen-bond acceptors (Lipinski definition) is 0. The van der Waals surface area contributed by atoms with Crippen LogP contribution in [-0.4, -0.2) is 0 Å². The number of alkyl halides is 1. The van der Waals surface area contributed by atoms with E-state index in [1.165, 1.54) is 0 Å². The van der Waals surface area contributed by atoms with Gasteiger partial charge in [-0.05, 0) is 12.5 Å². The van der Waals surface area contributed by atoms with Gasteiger partial charge in [0.25, 0.3) is 0 Å². The van der Waals surface area contributed by atoms with Crippen LogP contribution in [0.3, 0.4) is 0 Å². The highest BCUT2D eigenvalue weighted by Gasteiger charge is 2.16. The first-order valence-electron chi connectivity index (χ1n) is 3.84. The van der Waals surface area contributed by atoms with Gasteiger partial charge in [-0.1, -0.05) is 6.92 Å². The summed E-state index contributed by atoms with van der Waals surface area (Å²) in [6, 6.07) is 1.41. The standard InChI is InChI=1S/C9H8ClF3/c1-2-7(10)6-3-5(11)4-8(12)9(6)13/h3-4,7H,2H2,1H3. The Balaban J connectivity index is 3.20. The number of benzene rings is 1. The topological polar surface area (TPSA) is 0 Å². The Kier molecular flexibility index (Phi) is 3.20. The second kappa shape index (κ2) is 4.01. The molecule has 13 heavy (non-hydrogen) atoms. The molecule has 0 saturated heterocycles. The first-order chi connectivity index (χ1) is 6.06. The zero-order valence-electron chi connectivity index (χ0n) is 6.95. The van der Waals surface area contributed by atoms with Crippen LogP contribution in [-0.2, 0) is 0 Å². The van der Waals surface area contributed by atoms with E-state index in [2.05, 4.69) is 0 Å². The molecule has 0 heterocycles. The van der Waals surface area contributed by atoms with Crippen molar-refractivity contribution in [2.24, 2.45) is 0 Å². The Hall–Kier alpha value is -0.700. The molecule has 1 aromatic carbocycles. The van der Waals surface area contributed by atoms with Gasteiger partial charge in [0, 0.05) is 11.6 Å². The molecule has 1 unspecified atom stereocenters.